The summed E-state index contributed by atoms with van der Waals surface area (Å²) in [5, 5.41) is 4.29. The molecule has 1 amide bonds. The lowest BCUT2D eigenvalue weighted by molar-refractivity contribution is -0.134. The summed E-state index contributed by atoms with van der Waals surface area (Å²) in [5.41, 5.74) is 0.860. The number of rotatable bonds is 3. The van der Waals surface area contributed by atoms with Crippen LogP contribution in [0.5, 0.6) is 0 Å². The second-order valence-electron chi connectivity index (χ2n) is 8.87. The first-order valence-corrected chi connectivity index (χ1v) is 10.1. The average molecular weight is 344 g/mol. The molecular formula is C21H26ClNO. The first-order chi connectivity index (χ1) is 11.6. The maximum atomic E-state index is 13.3. The van der Waals surface area contributed by atoms with Gasteiger partial charge in [-0.15, -0.1) is 0 Å². The quantitative estimate of drug-likeness (QED) is 0.846. The molecule has 1 N–H and O–H groups in total. The molecule has 0 aliphatic heterocycles. The highest BCUT2D eigenvalue weighted by molar-refractivity contribution is 6.30. The van der Waals surface area contributed by atoms with Crippen LogP contribution in [0.2, 0.25) is 5.02 Å². The average Bonchev–Trinajstić information content (AvgIpc) is 2.51. The molecule has 1 aromatic carbocycles. The number of hydrogen-bond acceptors (Lipinski definition) is 1. The van der Waals surface area contributed by atoms with Crippen LogP contribution >= 0.6 is 11.6 Å². The highest BCUT2D eigenvalue weighted by Crippen LogP contribution is 2.54. The molecule has 0 heterocycles. The summed E-state index contributed by atoms with van der Waals surface area (Å²) in [6.07, 6.45) is 9.98. The van der Waals surface area contributed by atoms with Gasteiger partial charge in [-0.3, -0.25) is 4.79 Å². The molecule has 5 fully saturated rings. The molecule has 0 spiro atoms. The van der Waals surface area contributed by atoms with E-state index < -0.39 is 0 Å². The summed E-state index contributed by atoms with van der Waals surface area (Å²) in [6.45, 7) is 0. The third kappa shape index (κ3) is 2.25. The summed E-state index contributed by atoms with van der Waals surface area (Å²) in [5.74, 6) is 3.68. The Labute approximate surface area is 149 Å². The monoisotopic (exact) mass is 343 g/mol. The van der Waals surface area contributed by atoms with Gasteiger partial charge in [0.05, 0.1) is 5.41 Å². The fraction of sp³-hybridized carbons (Fsp3) is 0.667. The zero-order valence-electron chi connectivity index (χ0n) is 14.1. The molecule has 0 saturated heterocycles. The van der Waals surface area contributed by atoms with Crippen molar-refractivity contribution in [2.45, 2.75) is 62.8 Å². The van der Waals surface area contributed by atoms with Crippen LogP contribution in [0.15, 0.2) is 24.3 Å². The molecule has 1 aromatic rings. The van der Waals surface area contributed by atoms with Gasteiger partial charge in [0.1, 0.15) is 0 Å². The van der Waals surface area contributed by atoms with Crippen molar-refractivity contribution in [2.24, 2.45) is 23.7 Å². The molecule has 0 unspecified atom stereocenters. The van der Waals surface area contributed by atoms with Crippen LogP contribution in [0, 0.1) is 23.7 Å². The highest BCUT2D eigenvalue weighted by Gasteiger charge is 2.51. The van der Waals surface area contributed by atoms with Gasteiger partial charge in [0.15, 0.2) is 0 Å². The zero-order valence-corrected chi connectivity index (χ0v) is 14.9. The fourth-order valence-electron chi connectivity index (χ4n) is 6.40. The lowest BCUT2D eigenvalue weighted by Crippen LogP contribution is -2.60. The van der Waals surface area contributed by atoms with Gasteiger partial charge >= 0.3 is 0 Å². The Morgan fingerprint density at radius 2 is 1.54 bits per heavy atom. The van der Waals surface area contributed by atoms with E-state index in [1.54, 1.807) is 0 Å². The van der Waals surface area contributed by atoms with Crippen molar-refractivity contribution in [3.8, 4) is 0 Å². The highest BCUT2D eigenvalue weighted by atomic mass is 35.5. The first-order valence-electron chi connectivity index (χ1n) is 9.71. The summed E-state index contributed by atoms with van der Waals surface area (Å²) in [7, 11) is 0. The van der Waals surface area contributed by atoms with Crippen molar-refractivity contribution < 1.29 is 4.79 Å². The van der Waals surface area contributed by atoms with Gasteiger partial charge in [0.25, 0.3) is 0 Å². The largest absolute Gasteiger partial charge is 0.352 e. The molecule has 24 heavy (non-hydrogen) atoms. The summed E-state index contributed by atoms with van der Waals surface area (Å²) in [6, 6.07) is 8.39. The lowest BCUT2D eigenvalue weighted by atomic mass is 9.54. The first kappa shape index (κ1) is 15.3. The molecule has 5 aliphatic carbocycles. The number of carbonyl (C=O) groups excluding carboxylic acids is 1. The number of nitrogens with one attached hydrogen (secondary N) is 1. The van der Waals surface area contributed by atoms with E-state index in [4.69, 9.17) is 11.6 Å². The van der Waals surface area contributed by atoms with Gasteiger partial charge in [0, 0.05) is 11.1 Å². The van der Waals surface area contributed by atoms with Crippen molar-refractivity contribution >= 4 is 17.5 Å². The SMILES string of the molecule is O=C(NC1C2CC3CC(C2)CC1C3)C1(c2ccc(Cl)cc2)CCC1. The predicted molar refractivity (Wildman–Crippen MR) is 96.0 cm³/mol. The molecule has 0 atom stereocenters. The zero-order chi connectivity index (χ0) is 16.3. The Hall–Kier alpha value is -1.02. The van der Waals surface area contributed by atoms with E-state index in [1.165, 1.54) is 32.1 Å². The van der Waals surface area contributed by atoms with Gasteiger partial charge in [-0.05, 0) is 86.3 Å². The molecule has 0 aromatic heterocycles. The van der Waals surface area contributed by atoms with Gasteiger partial charge < -0.3 is 5.32 Å². The van der Waals surface area contributed by atoms with Crippen LogP contribution in [-0.2, 0) is 10.2 Å². The molecule has 0 radical (unpaired) electrons. The number of carbonyl (C=O) groups is 1. The second-order valence-corrected chi connectivity index (χ2v) is 9.31. The third-order valence-corrected chi connectivity index (χ3v) is 7.82. The minimum Gasteiger partial charge on any atom is -0.352 e. The number of benzene rings is 1. The smallest absolute Gasteiger partial charge is 0.230 e. The lowest BCUT2D eigenvalue weighted by Gasteiger charge is -2.55. The van der Waals surface area contributed by atoms with Crippen LogP contribution in [-0.4, -0.2) is 11.9 Å². The molecule has 6 rings (SSSR count). The van der Waals surface area contributed by atoms with Gasteiger partial charge in [-0.2, -0.15) is 0 Å². The standard InChI is InChI=1S/C21H26ClNO/c22-18-4-2-17(3-5-18)21(6-1-7-21)20(24)23-19-15-9-13-8-14(11-15)12-16(19)10-13/h2-5,13-16,19H,1,6-12H2,(H,23,24). The molecule has 3 heteroatoms. The molecular weight excluding hydrogens is 318 g/mol. The second kappa shape index (κ2) is 5.49. The van der Waals surface area contributed by atoms with Gasteiger partial charge in [-0.1, -0.05) is 30.2 Å². The summed E-state index contributed by atoms with van der Waals surface area (Å²) in [4.78, 5) is 13.3. The predicted octanol–water partition coefficient (Wildman–Crippen LogP) is 4.70. The maximum Gasteiger partial charge on any atom is 0.230 e. The molecule has 128 valence electrons. The minimum atomic E-state index is -0.292. The van der Waals surface area contributed by atoms with Crippen LogP contribution in [0.25, 0.3) is 0 Å². The van der Waals surface area contributed by atoms with E-state index in [0.717, 1.165) is 53.5 Å². The number of halogens is 1. The van der Waals surface area contributed by atoms with E-state index in [2.05, 4.69) is 17.4 Å². The Balaban J connectivity index is 1.37. The topological polar surface area (TPSA) is 29.1 Å². The van der Waals surface area contributed by atoms with Crippen molar-refractivity contribution in [2.75, 3.05) is 0 Å². The van der Waals surface area contributed by atoms with Crippen LogP contribution in [0.3, 0.4) is 0 Å². The van der Waals surface area contributed by atoms with Crippen molar-refractivity contribution in [3.05, 3.63) is 34.9 Å². The third-order valence-electron chi connectivity index (χ3n) is 7.56. The Morgan fingerprint density at radius 3 is 2.04 bits per heavy atom. The Kier molecular flexibility index (Phi) is 3.49. The Bertz CT molecular complexity index is 620. The maximum absolute atomic E-state index is 13.3. The van der Waals surface area contributed by atoms with Crippen LogP contribution in [0.4, 0.5) is 0 Å². The van der Waals surface area contributed by atoms with E-state index in [-0.39, 0.29) is 11.3 Å². The molecule has 2 nitrogen and oxygen atoms in total. The van der Waals surface area contributed by atoms with Crippen molar-refractivity contribution in [1.29, 1.82) is 0 Å². The van der Waals surface area contributed by atoms with E-state index in [0.29, 0.717) is 6.04 Å². The normalized spacial score (nSPS) is 38.6. The fourth-order valence-corrected chi connectivity index (χ4v) is 6.52. The van der Waals surface area contributed by atoms with Crippen LogP contribution < -0.4 is 5.32 Å². The van der Waals surface area contributed by atoms with E-state index >= 15 is 0 Å². The molecule has 4 bridgehead atoms. The summed E-state index contributed by atoms with van der Waals surface area (Å²) < 4.78 is 0. The van der Waals surface area contributed by atoms with Gasteiger partial charge in [-0.25, -0.2) is 0 Å². The summed E-state index contributed by atoms with van der Waals surface area (Å²) >= 11 is 6.04. The van der Waals surface area contributed by atoms with Gasteiger partial charge in [0.2, 0.25) is 5.91 Å². The number of amides is 1. The van der Waals surface area contributed by atoms with Crippen molar-refractivity contribution in [1.82, 2.24) is 5.32 Å². The van der Waals surface area contributed by atoms with E-state index in [9.17, 15) is 4.79 Å². The molecule has 5 saturated carbocycles. The van der Waals surface area contributed by atoms with E-state index in [1.807, 2.05) is 12.1 Å². The van der Waals surface area contributed by atoms with Crippen LogP contribution in [0.1, 0.15) is 56.9 Å². The number of hydrogen-bond donors (Lipinski definition) is 1. The van der Waals surface area contributed by atoms with Crippen molar-refractivity contribution in [3.63, 3.8) is 0 Å². The Morgan fingerprint density at radius 1 is 0.958 bits per heavy atom. The minimum absolute atomic E-state index is 0.286. The molecule has 5 aliphatic rings.